The molecule has 0 saturated heterocycles. The molecule has 0 unspecified atom stereocenters. The van der Waals surface area contributed by atoms with Crippen molar-refractivity contribution < 1.29 is 14.4 Å². The summed E-state index contributed by atoms with van der Waals surface area (Å²) >= 11 is 0. The fourth-order valence-corrected chi connectivity index (χ4v) is 0.478. The Bertz CT molecular complexity index is 203. The van der Waals surface area contributed by atoms with Gasteiger partial charge in [0.15, 0.2) is 5.71 Å². The summed E-state index contributed by atoms with van der Waals surface area (Å²) in [6, 6.07) is 0. The number of esters is 1. The van der Waals surface area contributed by atoms with Crippen LogP contribution in [0.2, 0.25) is 0 Å². The highest BCUT2D eigenvalue weighted by atomic mass is 16.6. The third-order valence-corrected chi connectivity index (χ3v) is 1.03. The lowest BCUT2D eigenvalue weighted by Crippen LogP contribution is -2.20. The molecule has 0 bridgehead atoms. The SMILES string of the molecule is CCOC(=O)/C(C)=N/OC(C)(C)C. The lowest BCUT2D eigenvalue weighted by atomic mass is 10.2. The van der Waals surface area contributed by atoms with E-state index < -0.39 is 5.97 Å². The normalized spacial score (nSPS) is 12.5. The van der Waals surface area contributed by atoms with E-state index in [1.807, 2.05) is 20.8 Å². The highest BCUT2D eigenvalue weighted by molar-refractivity contribution is 6.35. The molecular formula is C9H17NO3. The van der Waals surface area contributed by atoms with Crippen molar-refractivity contribution >= 4 is 11.7 Å². The fourth-order valence-electron chi connectivity index (χ4n) is 0.478. The van der Waals surface area contributed by atoms with Gasteiger partial charge in [-0.15, -0.1) is 0 Å². The summed E-state index contributed by atoms with van der Waals surface area (Å²) in [6.07, 6.45) is 0. The summed E-state index contributed by atoms with van der Waals surface area (Å²) in [5.74, 6) is -0.438. The second-order valence-electron chi connectivity index (χ2n) is 3.60. The molecule has 0 fully saturated rings. The maximum Gasteiger partial charge on any atom is 0.355 e. The summed E-state index contributed by atoms with van der Waals surface area (Å²) in [7, 11) is 0. The Kier molecular flexibility index (Phi) is 4.45. The third kappa shape index (κ3) is 6.13. The minimum absolute atomic E-state index is 0.233. The van der Waals surface area contributed by atoms with Crippen molar-refractivity contribution in [3.8, 4) is 0 Å². The molecular weight excluding hydrogens is 170 g/mol. The molecule has 0 aliphatic heterocycles. The van der Waals surface area contributed by atoms with Crippen LogP contribution in [0.4, 0.5) is 0 Å². The maximum atomic E-state index is 11.0. The van der Waals surface area contributed by atoms with E-state index in [2.05, 4.69) is 5.16 Å². The zero-order chi connectivity index (χ0) is 10.5. The average Bonchev–Trinajstić information content (AvgIpc) is 1.99. The maximum absolute atomic E-state index is 11.0. The van der Waals surface area contributed by atoms with Crippen molar-refractivity contribution in [3.05, 3.63) is 0 Å². The van der Waals surface area contributed by atoms with Crippen molar-refractivity contribution in [3.63, 3.8) is 0 Å². The molecule has 0 aliphatic carbocycles. The summed E-state index contributed by atoms with van der Waals surface area (Å²) in [4.78, 5) is 16.1. The first kappa shape index (κ1) is 11.9. The van der Waals surface area contributed by atoms with E-state index in [0.717, 1.165) is 0 Å². The molecule has 0 N–H and O–H groups in total. The molecule has 0 saturated carbocycles. The van der Waals surface area contributed by atoms with Gasteiger partial charge in [0.2, 0.25) is 0 Å². The third-order valence-electron chi connectivity index (χ3n) is 1.03. The number of carbonyl (C=O) groups excluding carboxylic acids is 1. The van der Waals surface area contributed by atoms with E-state index in [9.17, 15) is 4.79 Å². The molecule has 0 spiro atoms. The summed E-state index contributed by atoms with van der Waals surface area (Å²) in [6.45, 7) is 9.22. The summed E-state index contributed by atoms with van der Waals surface area (Å²) < 4.78 is 4.72. The van der Waals surface area contributed by atoms with E-state index in [0.29, 0.717) is 6.61 Å². The molecule has 0 amide bonds. The van der Waals surface area contributed by atoms with Crippen LogP contribution in [0, 0.1) is 0 Å². The minimum atomic E-state index is -0.438. The van der Waals surface area contributed by atoms with Crippen LogP contribution in [0.1, 0.15) is 34.6 Å². The van der Waals surface area contributed by atoms with E-state index in [-0.39, 0.29) is 11.3 Å². The van der Waals surface area contributed by atoms with Gasteiger partial charge in [0, 0.05) is 0 Å². The molecule has 0 aliphatic rings. The lowest BCUT2D eigenvalue weighted by Gasteiger charge is -2.15. The van der Waals surface area contributed by atoms with Crippen LogP contribution in [0.3, 0.4) is 0 Å². The molecule has 0 rings (SSSR count). The van der Waals surface area contributed by atoms with E-state index in [1.54, 1.807) is 13.8 Å². The van der Waals surface area contributed by atoms with Gasteiger partial charge in [-0.25, -0.2) is 4.79 Å². The van der Waals surface area contributed by atoms with Crippen LogP contribution in [-0.4, -0.2) is 23.9 Å². The molecule has 0 aromatic heterocycles. The van der Waals surface area contributed by atoms with Gasteiger partial charge in [-0.2, -0.15) is 0 Å². The number of hydrogen-bond acceptors (Lipinski definition) is 4. The van der Waals surface area contributed by atoms with Crippen molar-refractivity contribution in [2.24, 2.45) is 5.16 Å². The standard InChI is InChI=1S/C9H17NO3/c1-6-12-8(11)7(2)10-13-9(3,4)5/h6H2,1-5H3/b10-7+. The van der Waals surface area contributed by atoms with E-state index >= 15 is 0 Å². The lowest BCUT2D eigenvalue weighted by molar-refractivity contribution is -0.135. The number of ether oxygens (including phenoxy) is 1. The average molecular weight is 187 g/mol. The predicted octanol–water partition coefficient (Wildman–Crippen LogP) is 1.74. The van der Waals surface area contributed by atoms with Gasteiger partial charge in [0.05, 0.1) is 6.61 Å². The summed E-state index contributed by atoms with van der Waals surface area (Å²) in [5.41, 5.74) is -0.148. The van der Waals surface area contributed by atoms with Gasteiger partial charge in [-0.05, 0) is 34.6 Å². The Hall–Kier alpha value is -1.06. The second kappa shape index (κ2) is 4.84. The van der Waals surface area contributed by atoms with Gasteiger partial charge < -0.3 is 9.57 Å². The zero-order valence-corrected chi connectivity index (χ0v) is 8.88. The highest BCUT2D eigenvalue weighted by Crippen LogP contribution is 2.06. The van der Waals surface area contributed by atoms with Crippen LogP contribution in [0.5, 0.6) is 0 Å². The molecule has 0 aromatic rings. The van der Waals surface area contributed by atoms with Crippen molar-refractivity contribution in [1.82, 2.24) is 0 Å². The van der Waals surface area contributed by atoms with Crippen LogP contribution in [0.15, 0.2) is 5.16 Å². The van der Waals surface area contributed by atoms with E-state index in [1.165, 1.54) is 0 Å². The Morgan fingerprint density at radius 3 is 2.31 bits per heavy atom. The molecule has 4 nitrogen and oxygen atoms in total. The van der Waals surface area contributed by atoms with Crippen LogP contribution in [0.25, 0.3) is 0 Å². The van der Waals surface area contributed by atoms with Crippen LogP contribution < -0.4 is 0 Å². The minimum Gasteiger partial charge on any atom is -0.461 e. The molecule has 0 atom stereocenters. The number of oxime groups is 1. The molecule has 0 aromatic carbocycles. The number of nitrogens with zero attached hydrogens (tertiary/aromatic N) is 1. The van der Waals surface area contributed by atoms with Gasteiger partial charge in [-0.1, -0.05) is 5.16 Å². The predicted molar refractivity (Wildman–Crippen MR) is 50.6 cm³/mol. The van der Waals surface area contributed by atoms with E-state index in [4.69, 9.17) is 9.57 Å². The molecule has 4 heteroatoms. The van der Waals surface area contributed by atoms with Gasteiger partial charge in [0.25, 0.3) is 0 Å². The molecule has 76 valence electrons. The van der Waals surface area contributed by atoms with Gasteiger partial charge in [-0.3, -0.25) is 0 Å². The monoisotopic (exact) mass is 187 g/mol. The first-order valence-corrected chi connectivity index (χ1v) is 4.26. The Morgan fingerprint density at radius 1 is 1.38 bits per heavy atom. The molecule has 0 radical (unpaired) electrons. The fraction of sp³-hybridized carbons (Fsp3) is 0.778. The molecule has 0 heterocycles. The number of hydrogen-bond donors (Lipinski definition) is 0. The van der Waals surface area contributed by atoms with Crippen molar-refractivity contribution in [2.75, 3.05) is 6.61 Å². The van der Waals surface area contributed by atoms with Crippen molar-refractivity contribution in [2.45, 2.75) is 40.2 Å². The van der Waals surface area contributed by atoms with Crippen molar-refractivity contribution in [1.29, 1.82) is 0 Å². The molecule has 13 heavy (non-hydrogen) atoms. The Morgan fingerprint density at radius 2 is 1.92 bits per heavy atom. The number of carbonyl (C=O) groups is 1. The summed E-state index contributed by atoms with van der Waals surface area (Å²) in [5, 5.41) is 3.66. The van der Waals surface area contributed by atoms with Gasteiger partial charge >= 0.3 is 5.97 Å². The Balaban J connectivity index is 4.09. The van der Waals surface area contributed by atoms with Crippen LogP contribution in [-0.2, 0) is 14.4 Å². The largest absolute Gasteiger partial charge is 0.461 e. The first-order chi connectivity index (χ1) is 5.87. The van der Waals surface area contributed by atoms with Crippen LogP contribution >= 0.6 is 0 Å². The van der Waals surface area contributed by atoms with Gasteiger partial charge in [0.1, 0.15) is 5.60 Å². The zero-order valence-electron chi connectivity index (χ0n) is 8.88. The topological polar surface area (TPSA) is 47.9 Å². The quantitative estimate of drug-likeness (QED) is 0.384. The second-order valence-corrected chi connectivity index (χ2v) is 3.60. The smallest absolute Gasteiger partial charge is 0.355 e. The number of rotatable bonds is 3. The first-order valence-electron chi connectivity index (χ1n) is 4.26. The highest BCUT2D eigenvalue weighted by Gasteiger charge is 2.13. The Labute approximate surface area is 78.9 Å².